The Balaban J connectivity index is 1.76. The molecule has 2 atom stereocenters. The first kappa shape index (κ1) is 14.7. The van der Waals surface area contributed by atoms with Crippen LogP contribution >= 0.6 is 0 Å². The molecule has 1 aromatic rings. The van der Waals surface area contributed by atoms with Gasteiger partial charge >= 0.3 is 6.03 Å². The second-order valence-corrected chi connectivity index (χ2v) is 5.54. The molecule has 0 spiro atoms. The Morgan fingerprint density at radius 2 is 1.95 bits per heavy atom. The largest absolute Gasteiger partial charge is 0.497 e. The molecule has 0 radical (unpaired) electrons. The number of benzene rings is 1. The number of amides is 2. The zero-order chi connectivity index (χ0) is 14.4. The van der Waals surface area contributed by atoms with Crippen LogP contribution in [0.25, 0.3) is 0 Å². The monoisotopic (exact) mass is 276 g/mol. The van der Waals surface area contributed by atoms with Gasteiger partial charge in [-0.3, -0.25) is 0 Å². The minimum atomic E-state index is -0.0698. The van der Waals surface area contributed by atoms with Crippen LogP contribution in [-0.4, -0.2) is 19.2 Å². The van der Waals surface area contributed by atoms with Crippen molar-refractivity contribution in [2.75, 3.05) is 7.11 Å². The van der Waals surface area contributed by atoms with Crippen molar-refractivity contribution in [3.8, 4) is 5.75 Å². The van der Waals surface area contributed by atoms with Gasteiger partial charge in [-0.1, -0.05) is 31.9 Å². The van der Waals surface area contributed by atoms with Gasteiger partial charge < -0.3 is 15.4 Å². The van der Waals surface area contributed by atoms with Crippen molar-refractivity contribution in [2.45, 2.75) is 45.2 Å². The van der Waals surface area contributed by atoms with Gasteiger partial charge in [0.05, 0.1) is 7.11 Å². The van der Waals surface area contributed by atoms with Crippen LogP contribution in [-0.2, 0) is 6.54 Å². The van der Waals surface area contributed by atoms with Crippen LogP contribution in [0, 0.1) is 5.92 Å². The number of carbonyl (C=O) groups is 1. The fraction of sp³-hybridized carbons (Fsp3) is 0.562. The molecule has 4 nitrogen and oxygen atoms in total. The normalized spacial score (nSPS) is 22.1. The van der Waals surface area contributed by atoms with E-state index in [4.69, 9.17) is 4.74 Å². The molecule has 2 rings (SSSR count). The number of rotatable bonds is 4. The number of hydrogen-bond acceptors (Lipinski definition) is 2. The first-order valence-corrected chi connectivity index (χ1v) is 7.36. The molecule has 0 saturated heterocycles. The van der Waals surface area contributed by atoms with Gasteiger partial charge in [0, 0.05) is 12.6 Å². The van der Waals surface area contributed by atoms with Crippen LogP contribution in [0.2, 0.25) is 0 Å². The van der Waals surface area contributed by atoms with Gasteiger partial charge in [-0.05, 0) is 36.5 Å². The van der Waals surface area contributed by atoms with Gasteiger partial charge in [0.1, 0.15) is 5.75 Å². The maximum atomic E-state index is 11.9. The summed E-state index contributed by atoms with van der Waals surface area (Å²) in [6, 6.07) is 7.97. The van der Waals surface area contributed by atoms with Gasteiger partial charge in [-0.15, -0.1) is 0 Å². The molecule has 0 aromatic heterocycles. The van der Waals surface area contributed by atoms with Gasteiger partial charge in [-0.25, -0.2) is 4.79 Å². The summed E-state index contributed by atoms with van der Waals surface area (Å²) < 4.78 is 5.11. The van der Waals surface area contributed by atoms with E-state index >= 15 is 0 Å². The van der Waals surface area contributed by atoms with Crippen molar-refractivity contribution in [3.63, 3.8) is 0 Å². The molecular formula is C16H24N2O2. The van der Waals surface area contributed by atoms with Crippen molar-refractivity contribution in [1.82, 2.24) is 10.6 Å². The summed E-state index contributed by atoms with van der Waals surface area (Å²) in [6.07, 6.45) is 4.81. The number of urea groups is 1. The summed E-state index contributed by atoms with van der Waals surface area (Å²) in [7, 11) is 1.64. The van der Waals surface area contributed by atoms with E-state index in [1.54, 1.807) is 7.11 Å². The lowest BCUT2D eigenvalue weighted by molar-refractivity contribution is 0.221. The van der Waals surface area contributed by atoms with Crippen LogP contribution in [0.15, 0.2) is 24.3 Å². The van der Waals surface area contributed by atoms with Crippen LogP contribution in [0.1, 0.15) is 38.2 Å². The van der Waals surface area contributed by atoms with Crippen LogP contribution < -0.4 is 15.4 Å². The molecule has 110 valence electrons. The third-order valence-electron chi connectivity index (χ3n) is 4.04. The second kappa shape index (κ2) is 7.17. The van der Waals surface area contributed by atoms with Crippen LogP contribution in [0.4, 0.5) is 4.79 Å². The third-order valence-corrected chi connectivity index (χ3v) is 4.04. The Morgan fingerprint density at radius 1 is 1.25 bits per heavy atom. The molecule has 1 aromatic carbocycles. The molecule has 1 saturated carbocycles. The highest BCUT2D eigenvalue weighted by molar-refractivity contribution is 5.74. The van der Waals surface area contributed by atoms with Crippen molar-refractivity contribution in [2.24, 2.45) is 5.92 Å². The van der Waals surface area contributed by atoms with E-state index in [0.717, 1.165) is 17.7 Å². The number of hydrogen-bond donors (Lipinski definition) is 2. The van der Waals surface area contributed by atoms with Crippen LogP contribution in [0.5, 0.6) is 5.75 Å². The second-order valence-electron chi connectivity index (χ2n) is 5.54. The van der Waals surface area contributed by atoms with Gasteiger partial charge in [0.25, 0.3) is 0 Å². The van der Waals surface area contributed by atoms with E-state index in [9.17, 15) is 4.79 Å². The van der Waals surface area contributed by atoms with Gasteiger partial charge in [-0.2, -0.15) is 0 Å². The van der Waals surface area contributed by atoms with Gasteiger partial charge in [0.2, 0.25) is 0 Å². The Labute approximate surface area is 120 Å². The molecule has 0 aliphatic heterocycles. The topological polar surface area (TPSA) is 50.4 Å². The summed E-state index contributed by atoms with van der Waals surface area (Å²) in [5.74, 6) is 1.41. The fourth-order valence-electron chi connectivity index (χ4n) is 2.68. The summed E-state index contributed by atoms with van der Waals surface area (Å²) >= 11 is 0. The molecule has 2 amide bonds. The highest BCUT2D eigenvalue weighted by Crippen LogP contribution is 2.23. The molecule has 2 N–H and O–H groups in total. The minimum absolute atomic E-state index is 0.0698. The molecule has 4 heteroatoms. The molecule has 1 aliphatic rings. The maximum Gasteiger partial charge on any atom is 0.315 e. The van der Waals surface area contributed by atoms with E-state index < -0.39 is 0 Å². The standard InChI is InChI=1S/C16H24N2O2/c1-12-5-3-4-6-15(12)18-16(19)17-11-13-7-9-14(20-2)10-8-13/h7-10,12,15H,3-6,11H2,1-2H3,(H2,17,18,19)/t12-,15-/m1/s1. The van der Waals surface area contributed by atoms with Crippen molar-refractivity contribution >= 4 is 6.03 Å². The lowest BCUT2D eigenvalue weighted by atomic mass is 9.86. The first-order valence-electron chi connectivity index (χ1n) is 7.36. The SMILES string of the molecule is COc1ccc(CNC(=O)N[C@@H]2CCCC[C@H]2C)cc1. The number of nitrogens with one attached hydrogen (secondary N) is 2. The molecule has 1 aliphatic carbocycles. The predicted molar refractivity (Wildman–Crippen MR) is 79.8 cm³/mol. The highest BCUT2D eigenvalue weighted by atomic mass is 16.5. The van der Waals surface area contributed by atoms with Crippen molar-refractivity contribution in [1.29, 1.82) is 0 Å². The number of carbonyl (C=O) groups excluding carboxylic acids is 1. The Kier molecular flexibility index (Phi) is 5.27. The minimum Gasteiger partial charge on any atom is -0.497 e. The fourth-order valence-corrected chi connectivity index (χ4v) is 2.68. The highest BCUT2D eigenvalue weighted by Gasteiger charge is 2.22. The predicted octanol–water partition coefficient (Wildman–Crippen LogP) is 3.07. The first-order chi connectivity index (χ1) is 9.69. The van der Waals surface area contributed by atoms with E-state index in [1.165, 1.54) is 19.3 Å². The molecule has 1 fully saturated rings. The summed E-state index contributed by atoms with van der Waals surface area (Å²) in [6.45, 7) is 2.75. The average Bonchev–Trinajstić information content (AvgIpc) is 2.48. The van der Waals surface area contributed by atoms with E-state index in [0.29, 0.717) is 18.5 Å². The lowest BCUT2D eigenvalue weighted by Crippen LogP contribution is -2.45. The molecule has 0 unspecified atom stereocenters. The van der Waals surface area contributed by atoms with Crippen molar-refractivity contribution < 1.29 is 9.53 Å². The molecule has 0 heterocycles. The van der Waals surface area contributed by atoms with E-state index in [2.05, 4.69) is 17.6 Å². The summed E-state index contributed by atoms with van der Waals surface area (Å²) in [4.78, 5) is 11.9. The lowest BCUT2D eigenvalue weighted by Gasteiger charge is -2.29. The summed E-state index contributed by atoms with van der Waals surface area (Å²) in [5.41, 5.74) is 1.07. The smallest absolute Gasteiger partial charge is 0.315 e. The maximum absolute atomic E-state index is 11.9. The molecule has 0 bridgehead atoms. The third kappa shape index (κ3) is 4.15. The Morgan fingerprint density at radius 3 is 2.60 bits per heavy atom. The van der Waals surface area contributed by atoms with E-state index in [1.807, 2.05) is 24.3 Å². The molecular weight excluding hydrogens is 252 g/mol. The van der Waals surface area contributed by atoms with Gasteiger partial charge in [0.15, 0.2) is 0 Å². The Bertz CT molecular complexity index is 431. The quantitative estimate of drug-likeness (QED) is 0.888. The summed E-state index contributed by atoms with van der Waals surface area (Å²) in [5, 5.41) is 6.00. The number of ether oxygens (including phenoxy) is 1. The van der Waals surface area contributed by atoms with Crippen molar-refractivity contribution in [3.05, 3.63) is 29.8 Å². The Hall–Kier alpha value is -1.71. The van der Waals surface area contributed by atoms with Crippen LogP contribution in [0.3, 0.4) is 0 Å². The zero-order valence-electron chi connectivity index (χ0n) is 12.3. The molecule has 20 heavy (non-hydrogen) atoms. The van der Waals surface area contributed by atoms with E-state index in [-0.39, 0.29) is 6.03 Å². The average molecular weight is 276 g/mol. The number of methoxy groups -OCH3 is 1. The zero-order valence-corrected chi connectivity index (χ0v) is 12.3.